The van der Waals surface area contributed by atoms with Gasteiger partial charge in [0.2, 0.25) is 0 Å². The van der Waals surface area contributed by atoms with E-state index in [9.17, 15) is 18.8 Å². The number of aryl methyl sites for hydroxylation is 2. The monoisotopic (exact) mass is 448 g/mol. The third kappa shape index (κ3) is 4.28. The van der Waals surface area contributed by atoms with Crippen molar-refractivity contribution in [2.75, 3.05) is 18.0 Å². The normalized spacial score (nSPS) is 14.5. The SMILES string of the molecule is C#CCN(c1ccc(C(=O)NCC(=O)O)c(F)c1)C1CCc2cc3nc(C)[nH]c(=O)c3cc21. The Bertz CT molecular complexity index is 1380. The van der Waals surface area contributed by atoms with Gasteiger partial charge in [-0.25, -0.2) is 9.37 Å². The fraction of sp³-hybridized carbons (Fsp3) is 0.250. The molecule has 2 aromatic carbocycles. The van der Waals surface area contributed by atoms with Gasteiger partial charge in [0.05, 0.1) is 29.1 Å². The molecule has 1 aliphatic carbocycles. The van der Waals surface area contributed by atoms with Crippen molar-refractivity contribution in [2.45, 2.75) is 25.8 Å². The average Bonchev–Trinajstić information content (AvgIpc) is 3.17. The summed E-state index contributed by atoms with van der Waals surface area (Å²) in [6, 6.07) is 7.64. The van der Waals surface area contributed by atoms with Crippen LogP contribution in [0, 0.1) is 25.1 Å². The van der Waals surface area contributed by atoms with Crippen LogP contribution >= 0.6 is 0 Å². The Labute approximate surface area is 188 Å². The second kappa shape index (κ2) is 8.74. The lowest BCUT2D eigenvalue weighted by Crippen LogP contribution is -2.30. The van der Waals surface area contributed by atoms with Gasteiger partial charge in [-0.15, -0.1) is 6.42 Å². The van der Waals surface area contributed by atoms with Crippen LogP contribution in [-0.4, -0.2) is 40.0 Å². The number of rotatable bonds is 6. The number of aromatic amines is 1. The number of aromatic nitrogens is 2. The Morgan fingerprint density at radius 3 is 2.85 bits per heavy atom. The summed E-state index contributed by atoms with van der Waals surface area (Å²) in [5.74, 6) is 0.312. The van der Waals surface area contributed by atoms with E-state index in [2.05, 4.69) is 21.2 Å². The van der Waals surface area contributed by atoms with E-state index in [1.54, 1.807) is 13.0 Å². The van der Waals surface area contributed by atoms with E-state index < -0.39 is 24.2 Å². The first-order valence-corrected chi connectivity index (χ1v) is 10.3. The number of carbonyl (C=O) groups is 2. The van der Waals surface area contributed by atoms with Crippen molar-refractivity contribution in [3.05, 3.63) is 69.0 Å². The van der Waals surface area contributed by atoms with Crippen molar-refractivity contribution in [2.24, 2.45) is 0 Å². The first-order valence-electron chi connectivity index (χ1n) is 10.3. The Morgan fingerprint density at radius 2 is 2.15 bits per heavy atom. The van der Waals surface area contributed by atoms with Crippen LogP contribution in [0.1, 0.15) is 39.8 Å². The first kappa shape index (κ1) is 22.0. The summed E-state index contributed by atoms with van der Waals surface area (Å²) in [6.45, 7) is 1.31. The van der Waals surface area contributed by atoms with E-state index in [-0.39, 0.29) is 23.7 Å². The number of nitrogens with one attached hydrogen (secondary N) is 2. The van der Waals surface area contributed by atoms with E-state index in [1.807, 2.05) is 17.0 Å². The fourth-order valence-electron chi connectivity index (χ4n) is 4.26. The van der Waals surface area contributed by atoms with E-state index >= 15 is 0 Å². The highest BCUT2D eigenvalue weighted by Gasteiger charge is 2.29. The predicted molar refractivity (Wildman–Crippen MR) is 121 cm³/mol. The molecule has 0 spiro atoms. The maximum absolute atomic E-state index is 14.8. The third-order valence-electron chi connectivity index (χ3n) is 5.70. The second-order valence-electron chi connectivity index (χ2n) is 7.85. The number of hydrogen-bond donors (Lipinski definition) is 3. The lowest BCUT2D eigenvalue weighted by atomic mass is 10.0. The van der Waals surface area contributed by atoms with Crippen LogP contribution in [0.3, 0.4) is 0 Å². The topological polar surface area (TPSA) is 115 Å². The van der Waals surface area contributed by atoms with Gasteiger partial charge in [-0.1, -0.05) is 5.92 Å². The molecule has 1 atom stereocenters. The third-order valence-corrected chi connectivity index (χ3v) is 5.70. The number of nitrogens with zero attached hydrogens (tertiary/aromatic N) is 2. The molecule has 1 aromatic heterocycles. The molecular formula is C24H21FN4O4. The molecule has 3 aromatic rings. The summed E-state index contributed by atoms with van der Waals surface area (Å²) in [5, 5.41) is 11.3. The van der Waals surface area contributed by atoms with E-state index in [0.29, 0.717) is 28.8 Å². The van der Waals surface area contributed by atoms with Crippen molar-refractivity contribution >= 4 is 28.5 Å². The number of benzene rings is 2. The minimum absolute atomic E-state index is 0.188. The lowest BCUT2D eigenvalue weighted by molar-refractivity contribution is -0.135. The maximum Gasteiger partial charge on any atom is 0.322 e. The number of fused-ring (bicyclic) bond motifs is 2. The summed E-state index contributed by atoms with van der Waals surface area (Å²) in [6.07, 6.45) is 7.07. The average molecular weight is 448 g/mol. The molecule has 8 nitrogen and oxygen atoms in total. The molecule has 3 N–H and O–H groups in total. The highest BCUT2D eigenvalue weighted by atomic mass is 19.1. The van der Waals surface area contributed by atoms with Gasteiger partial charge in [0, 0.05) is 5.69 Å². The predicted octanol–water partition coefficient (Wildman–Crippen LogP) is 2.31. The molecule has 1 aliphatic rings. The number of amides is 1. The summed E-state index contributed by atoms with van der Waals surface area (Å²) in [4.78, 5) is 44.2. The van der Waals surface area contributed by atoms with Gasteiger partial charge < -0.3 is 20.3 Å². The quantitative estimate of drug-likeness (QED) is 0.499. The van der Waals surface area contributed by atoms with Gasteiger partial charge in [-0.05, 0) is 61.2 Å². The number of hydrogen-bond acceptors (Lipinski definition) is 5. The maximum atomic E-state index is 14.8. The standard InChI is InChI=1S/C24H21FN4O4/c1-3-8-29(15-5-6-16(19(25)10-15)23(32)26-12-22(30)31)21-7-4-14-9-20-18(11-17(14)21)24(33)28-13(2)27-20/h1,5-6,9-11,21H,4,7-8,12H2,2H3,(H,26,32)(H,30,31)(H,27,28,33). The van der Waals surface area contributed by atoms with Crippen LogP contribution in [0.25, 0.3) is 10.9 Å². The number of halogens is 1. The number of H-pyrrole nitrogens is 1. The number of terminal acetylenes is 1. The summed E-state index contributed by atoms with van der Waals surface area (Å²) in [5.41, 5.74) is 2.61. The molecule has 0 radical (unpaired) electrons. The zero-order valence-corrected chi connectivity index (χ0v) is 17.8. The Morgan fingerprint density at radius 1 is 1.36 bits per heavy atom. The molecule has 0 bridgehead atoms. The molecule has 0 saturated carbocycles. The van der Waals surface area contributed by atoms with Crippen molar-refractivity contribution in [1.82, 2.24) is 15.3 Å². The summed E-state index contributed by atoms with van der Waals surface area (Å²) < 4.78 is 14.8. The van der Waals surface area contributed by atoms with Gasteiger partial charge in [0.15, 0.2) is 0 Å². The molecular weight excluding hydrogens is 427 g/mol. The van der Waals surface area contributed by atoms with Crippen LogP contribution in [0.4, 0.5) is 10.1 Å². The minimum atomic E-state index is -1.22. The van der Waals surface area contributed by atoms with Gasteiger partial charge in [-0.3, -0.25) is 14.4 Å². The number of carboxylic acids is 1. The largest absolute Gasteiger partial charge is 0.480 e. The number of carboxylic acid groups (broad SMARTS) is 1. The van der Waals surface area contributed by atoms with Gasteiger partial charge in [0.1, 0.15) is 18.2 Å². The van der Waals surface area contributed by atoms with E-state index in [1.165, 1.54) is 12.1 Å². The van der Waals surface area contributed by atoms with Crippen LogP contribution in [0.2, 0.25) is 0 Å². The van der Waals surface area contributed by atoms with Crippen LogP contribution < -0.4 is 15.8 Å². The van der Waals surface area contributed by atoms with Crippen molar-refractivity contribution < 1.29 is 19.1 Å². The van der Waals surface area contributed by atoms with Gasteiger partial charge in [-0.2, -0.15) is 0 Å². The molecule has 0 aliphatic heterocycles. The zero-order chi connectivity index (χ0) is 23.7. The summed E-state index contributed by atoms with van der Waals surface area (Å²) >= 11 is 0. The molecule has 168 valence electrons. The molecule has 1 heterocycles. The molecule has 1 amide bonds. The molecule has 9 heteroatoms. The smallest absolute Gasteiger partial charge is 0.322 e. The highest BCUT2D eigenvalue weighted by Crippen LogP contribution is 2.39. The lowest BCUT2D eigenvalue weighted by Gasteiger charge is -2.30. The Hall–Kier alpha value is -4.19. The first-order chi connectivity index (χ1) is 15.8. The molecule has 0 fully saturated rings. The molecule has 1 unspecified atom stereocenters. The second-order valence-corrected chi connectivity index (χ2v) is 7.85. The van der Waals surface area contributed by atoms with Crippen LogP contribution in [0.15, 0.2) is 35.1 Å². The molecule has 0 saturated heterocycles. The van der Waals surface area contributed by atoms with E-state index in [4.69, 9.17) is 11.5 Å². The number of aliphatic carboxylic acids is 1. The van der Waals surface area contributed by atoms with Crippen molar-refractivity contribution in [3.8, 4) is 12.3 Å². The van der Waals surface area contributed by atoms with Gasteiger partial charge >= 0.3 is 5.97 Å². The Kier molecular flexibility index (Phi) is 5.84. The number of anilines is 1. The number of carbonyl (C=O) groups excluding carboxylic acids is 1. The van der Waals surface area contributed by atoms with Crippen molar-refractivity contribution in [1.29, 1.82) is 0 Å². The van der Waals surface area contributed by atoms with E-state index in [0.717, 1.165) is 17.5 Å². The Balaban J connectivity index is 1.70. The fourth-order valence-corrected chi connectivity index (χ4v) is 4.26. The van der Waals surface area contributed by atoms with Crippen LogP contribution in [0.5, 0.6) is 0 Å². The molecule has 4 rings (SSSR count). The minimum Gasteiger partial charge on any atom is -0.480 e. The van der Waals surface area contributed by atoms with Gasteiger partial charge in [0.25, 0.3) is 11.5 Å². The summed E-state index contributed by atoms with van der Waals surface area (Å²) in [7, 11) is 0. The van der Waals surface area contributed by atoms with Crippen molar-refractivity contribution in [3.63, 3.8) is 0 Å². The zero-order valence-electron chi connectivity index (χ0n) is 17.8. The molecule has 33 heavy (non-hydrogen) atoms. The van der Waals surface area contributed by atoms with Crippen LogP contribution in [-0.2, 0) is 11.2 Å². The highest BCUT2D eigenvalue weighted by molar-refractivity contribution is 5.96.